The summed E-state index contributed by atoms with van der Waals surface area (Å²) in [5.74, 6) is -3.11. The molecule has 1 fully saturated rings. The Morgan fingerprint density at radius 2 is 1.85 bits per heavy atom. The first-order valence-corrected chi connectivity index (χ1v) is 11.6. The van der Waals surface area contributed by atoms with Crippen molar-refractivity contribution >= 4 is 27.6 Å². The Balaban J connectivity index is 1.45. The monoisotopic (exact) mass is 498 g/mol. The van der Waals surface area contributed by atoms with Crippen LogP contribution in [0, 0.1) is 11.6 Å². The van der Waals surface area contributed by atoms with Crippen LogP contribution in [0.1, 0.15) is 6.42 Å². The zero-order valence-corrected chi connectivity index (χ0v) is 18.4. The molecule has 2 atom stereocenters. The highest BCUT2D eigenvalue weighted by atomic mass is 32.2. The number of hydrogen-bond acceptors (Lipinski definition) is 8. The maximum absolute atomic E-state index is 13.7. The van der Waals surface area contributed by atoms with Crippen molar-refractivity contribution in [3.05, 3.63) is 48.0 Å². The minimum absolute atomic E-state index is 0.178. The molecule has 0 spiro atoms. The number of carbonyl (C=O) groups excluding carboxylic acids is 2. The number of amides is 1. The topological polar surface area (TPSA) is 131 Å². The average Bonchev–Trinajstić information content (AvgIpc) is 3.22. The van der Waals surface area contributed by atoms with Gasteiger partial charge in [0.25, 0.3) is 5.91 Å². The predicted molar refractivity (Wildman–Crippen MR) is 112 cm³/mol. The number of sulfonamides is 1. The number of aliphatic hydroxyl groups is 1. The minimum atomic E-state index is -4.25. The minimum Gasteiger partial charge on any atom is -0.486 e. The average molecular weight is 498 g/mol. The summed E-state index contributed by atoms with van der Waals surface area (Å²) in [5.41, 5.74) is -0.444. The lowest BCUT2D eigenvalue weighted by Gasteiger charge is -2.24. The van der Waals surface area contributed by atoms with Gasteiger partial charge in [-0.05, 0) is 24.3 Å². The highest BCUT2D eigenvalue weighted by Crippen LogP contribution is 2.35. The molecule has 34 heavy (non-hydrogen) atoms. The number of hydrogen-bond donors (Lipinski definition) is 2. The van der Waals surface area contributed by atoms with Gasteiger partial charge < -0.3 is 24.6 Å². The van der Waals surface area contributed by atoms with Crippen LogP contribution < -0.4 is 14.8 Å². The molecule has 0 radical (unpaired) electrons. The molecule has 2 aliphatic rings. The molecule has 2 heterocycles. The molecular weight excluding hydrogens is 478 g/mol. The maximum Gasteiger partial charge on any atom is 0.325 e. The number of ether oxygens (including phenoxy) is 3. The normalized spacial score (nSPS) is 20.1. The number of anilines is 1. The van der Waals surface area contributed by atoms with E-state index in [2.05, 4.69) is 5.32 Å². The summed E-state index contributed by atoms with van der Waals surface area (Å²) in [6.45, 7) is -0.670. The lowest BCUT2D eigenvalue weighted by molar-refractivity contribution is -0.150. The van der Waals surface area contributed by atoms with Gasteiger partial charge in [0.15, 0.2) is 18.1 Å². The van der Waals surface area contributed by atoms with Crippen LogP contribution in [0.15, 0.2) is 41.3 Å². The Morgan fingerprint density at radius 1 is 1.12 bits per heavy atom. The smallest absolute Gasteiger partial charge is 0.325 e. The second-order valence-electron chi connectivity index (χ2n) is 7.57. The molecule has 2 aromatic rings. The van der Waals surface area contributed by atoms with Crippen molar-refractivity contribution in [1.82, 2.24) is 4.31 Å². The summed E-state index contributed by atoms with van der Waals surface area (Å²) in [5, 5.41) is 12.1. The van der Waals surface area contributed by atoms with E-state index in [0.29, 0.717) is 12.4 Å². The van der Waals surface area contributed by atoms with Gasteiger partial charge in [-0.2, -0.15) is 4.31 Å². The molecular formula is C21H20F2N2O8S. The van der Waals surface area contributed by atoms with Crippen LogP contribution in [0.4, 0.5) is 14.5 Å². The van der Waals surface area contributed by atoms with Gasteiger partial charge in [0.2, 0.25) is 10.0 Å². The SMILES string of the molecule is O=C(COC(=O)[C@@H]1CC(O)CN1S(=O)(=O)c1ccc2c(c1)OCCO2)Nc1cc(F)ccc1F. The van der Waals surface area contributed by atoms with Crippen LogP contribution in [0.5, 0.6) is 11.5 Å². The standard InChI is InChI=1S/C21H20F2N2O8S/c22-12-1-3-15(23)16(7-12)24-20(27)11-33-21(28)17-8-13(26)10-25(17)34(29,30)14-2-4-18-19(9-14)32-6-5-31-18/h1-4,7,9,13,17,26H,5-6,8,10-11H2,(H,24,27)/t13?,17-/m0/s1. The molecule has 13 heteroatoms. The van der Waals surface area contributed by atoms with Gasteiger partial charge in [-0.25, -0.2) is 17.2 Å². The van der Waals surface area contributed by atoms with E-state index < -0.39 is 58.0 Å². The van der Waals surface area contributed by atoms with E-state index in [1.54, 1.807) is 0 Å². The van der Waals surface area contributed by atoms with Gasteiger partial charge in [-0.15, -0.1) is 0 Å². The third-order valence-corrected chi connectivity index (χ3v) is 7.04. The zero-order valence-electron chi connectivity index (χ0n) is 17.6. The molecule has 2 aliphatic heterocycles. The molecule has 0 bridgehead atoms. The third-order valence-electron chi connectivity index (χ3n) is 5.17. The number of aliphatic hydroxyl groups excluding tert-OH is 1. The highest BCUT2D eigenvalue weighted by molar-refractivity contribution is 7.89. The number of β-amino-alcohol motifs (C(OH)–C–C–N with tert-alkyl or cyclic N) is 1. The molecule has 0 aliphatic carbocycles. The van der Waals surface area contributed by atoms with Crippen molar-refractivity contribution in [1.29, 1.82) is 0 Å². The lowest BCUT2D eigenvalue weighted by atomic mass is 10.2. The number of benzene rings is 2. The number of nitrogens with one attached hydrogen (secondary N) is 1. The van der Waals surface area contributed by atoms with Crippen LogP contribution in [-0.2, 0) is 24.3 Å². The Hall–Kier alpha value is -3.29. The molecule has 4 rings (SSSR count). The van der Waals surface area contributed by atoms with E-state index in [9.17, 15) is 31.9 Å². The van der Waals surface area contributed by atoms with Crippen molar-refractivity contribution in [3.63, 3.8) is 0 Å². The molecule has 0 saturated carbocycles. The van der Waals surface area contributed by atoms with Crippen molar-refractivity contribution in [3.8, 4) is 11.5 Å². The zero-order chi connectivity index (χ0) is 24.5. The number of fused-ring (bicyclic) bond motifs is 1. The maximum atomic E-state index is 13.7. The van der Waals surface area contributed by atoms with Crippen LogP contribution in [-0.4, -0.2) is 68.2 Å². The number of rotatable bonds is 6. The Morgan fingerprint density at radius 3 is 2.62 bits per heavy atom. The fourth-order valence-electron chi connectivity index (χ4n) is 3.60. The van der Waals surface area contributed by atoms with E-state index >= 15 is 0 Å². The molecule has 0 aromatic heterocycles. The van der Waals surface area contributed by atoms with Crippen LogP contribution in [0.2, 0.25) is 0 Å². The summed E-state index contributed by atoms with van der Waals surface area (Å²) in [7, 11) is -4.25. The molecule has 1 unspecified atom stereocenters. The van der Waals surface area contributed by atoms with Crippen molar-refractivity contribution in [2.45, 2.75) is 23.5 Å². The van der Waals surface area contributed by atoms with Crippen molar-refractivity contribution in [2.24, 2.45) is 0 Å². The molecule has 10 nitrogen and oxygen atoms in total. The molecule has 1 amide bonds. The Kier molecular flexibility index (Phi) is 6.68. The fourth-order valence-corrected chi connectivity index (χ4v) is 5.24. The van der Waals surface area contributed by atoms with E-state index in [1.807, 2.05) is 0 Å². The molecule has 1 saturated heterocycles. The van der Waals surface area contributed by atoms with Crippen molar-refractivity contribution in [2.75, 3.05) is 31.7 Å². The first-order valence-electron chi connectivity index (χ1n) is 10.2. The van der Waals surface area contributed by atoms with E-state index in [0.717, 1.165) is 22.5 Å². The Bertz CT molecular complexity index is 1220. The summed E-state index contributed by atoms with van der Waals surface area (Å²) in [6, 6.07) is 5.02. The second-order valence-corrected chi connectivity index (χ2v) is 9.46. The fraction of sp³-hybridized carbons (Fsp3) is 0.333. The van der Waals surface area contributed by atoms with Gasteiger partial charge in [0, 0.05) is 25.1 Å². The summed E-state index contributed by atoms with van der Waals surface area (Å²) >= 11 is 0. The van der Waals surface area contributed by atoms with Crippen LogP contribution in [0.3, 0.4) is 0 Å². The van der Waals surface area contributed by atoms with E-state index in [-0.39, 0.29) is 30.2 Å². The first-order chi connectivity index (χ1) is 16.1. The molecule has 2 aromatic carbocycles. The number of halogens is 2. The van der Waals surface area contributed by atoms with Gasteiger partial charge in [-0.3, -0.25) is 9.59 Å². The molecule has 2 N–H and O–H groups in total. The highest BCUT2D eigenvalue weighted by Gasteiger charge is 2.44. The number of esters is 1. The van der Waals surface area contributed by atoms with E-state index in [4.69, 9.17) is 14.2 Å². The molecule has 182 valence electrons. The van der Waals surface area contributed by atoms with Gasteiger partial charge in [-0.1, -0.05) is 0 Å². The summed E-state index contributed by atoms with van der Waals surface area (Å²) < 4.78 is 69.7. The second kappa shape index (κ2) is 9.52. The number of carbonyl (C=O) groups is 2. The van der Waals surface area contributed by atoms with Crippen LogP contribution >= 0.6 is 0 Å². The largest absolute Gasteiger partial charge is 0.486 e. The van der Waals surface area contributed by atoms with Gasteiger partial charge >= 0.3 is 5.97 Å². The third kappa shape index (κ3) is 4.95. The van der Waals surface area contributed by atoms with Crippen LogP contribution in [0.25, 0.3) is 0 Å². The predicted octanol–water partition coefficient (Wildman–Crippen LogP) is 1.04. The lowest BCUT2D eigenvalue weighted by Crippen LogP contribution is -2.42. The first kappa shape index (κ1) is 23.9. The summed E-state index contributed by atoms with van der Waals surface area (Å²) in [4.78, 5) is 24.4. The number of nitrogens with zero attached hydrogens (tertiary/aromatic N) is 1. The van der Waals surface area contributed by atoms with Crippen molar-refractivity contribution < 1.29 is 46.1 Å². The van der Waals surface area contributed by atoms with E-state index in [1.165, 1.54) is 18.2 Å². The Labute approximate surface area is 193 Å². The summed E-state index contributed by atoms with van der Waals surface area (Å²) in [6.07, 6.45) is -1.39. The quantitative estimate of drug-likeness (QED) is 0.565. The van der Waals surface area contributed by atoms with Gasteiger partial charge in [0.05, 0.1) is 16.7 Å². The van der Waals surface area contributed by atoms with Gasteiger partial charge in [0.1, 0.15) is 30.9 Å².